The van der Waals surface area contributed by atoms with Crippen LogP contribution in [0.2, 0.25) is 0 Å². The first-order chi connectivity index (χ1) is 3.41. The molecule has 0 atom stereocenters. The van der Waals surface area contributed by atoms with E-state index in [4.69, 9.17) is 0 Å². The van der Waals surface area contributed by atoms with Crippen LogP contribution in [0.1, 0.15) is 70.2 Å². The summed E-state index contributed by atoms with van der Waals surface area (Å²) in [6.45, 7) is 12.2. The Bertz CT molecular complexity index is 8.70. The second-order valence-corrected chi connectivity index (χ2v) is 0.707. The summed E-state index contributed by atoms with van der Waals surface area (Å²) in [6.07, 6.45) is 1.25. The molecule has 0 aromatic carbocycles. The van der Waals surface area contributed by atoms with Gasteiger partial charge in [0.25, 0.3) is 0 Å². The number of hydrogen-bond acceptors (Lipinski definition) is 0. The molecule has 0 bridgehead atoms. The van der Waals surface area contributed by atoms with Gasteiger partial charge in [-0.1, -0.05) is 70.2 Å². The summed E-state index contributed by atoms with van der Waals surface area (Å²) in [5, 5.41) is 0. The summed E-state index contributed by atoms with van der Waals surface area (Å²) in [7, 11) is 0. The molecule has 0 saturated carbocycles. The predicted molar refractivity (Wildman–Crippen MR) is 84.5 cm³/mol. The molecular formula is C14H44Y2-4. The summed E-state index contributed by atoms with van der Waals surface area (Å²) in [5.41, 5.74) is 0. The van der Waals surface area contributed by atoms with Gasteiger partial charge in [-0.15, -0.1) is 0 Å². The van der Waals surface area contributed by atoms with E-state index in [-0.39, 0.29) is 117 Å². The SMILES string of the molecule is C.C.C.CC.CC.CCC.[CH3-].[CH3-].[CH3-].[CH3-].[Y].[Y]. The van der Waals surface area contributed by atoms with Crippen LogP contribution < -0.4 is 0 Å². The Hall–Kier alpha value is 2.21. The van der Waals surface area contributed by atoms with Gasteiger partial charge in [-0.25, -0.2) is 0 Å². The van der Waals surface area contributed by atoms with Gasteiger partial charge in [-0.2, -0.15) is 0 Å². The minimum Gasteiger partial charge on any atom is -0.358 e. The van der Waals surface area contributed by atoms with Gasteiger partial charge in [0.2, 0.25) is 0 Å². The fraction of sp³-hybridized carbons (Fsp3) is 0.714. The van der Waals surface area contributed by atoms with E-state index in [0.717, 1.165) is 0 Å². The van der Waals surface area contributed by atoms with Gasteiger partial charge in [0.05, 0.1) is 0 Å². The van der Waals surface area contributed by atoms with Gasteiger partial charge in [0.1, 0.15) is 0 Å². The van der Waals surface area contributed by atoms with Crippen LogP contribution in [0.15, 0.2) is 0 Å². The van der Waals surface area contributed by atoms with Crippen LogP contribution in [0.5, 0.6) is 0 Å². The van der Waals surface area contributed by atoms with Crippen molar-refractivity contribution >= 4 is 0 Å². The van der Waals surface area contributed by atoms with E-state index in [0.29, 0.717) is 0 Å². The Labute approximate surface area is 163 Å². The molecule has 0 N–H and O–H groups in total. The zero-order valence-electron chi connectivity index (χ0n) is 11.9. The molecule has 0 aliphatic heterocycles. The maximum atomic E-state index is 2.12. The Kier molecular flexibility index (Phi) is 3840. The Morgan fingerprint density at radius 3 is 0.500 bits per heavy atom. The normalized spacial score (nSPS) is 1.88. The summed E-state index contributed by atoms with van der Waals surface area (Å²) >= 11 is 0. The molecule has 0 rings (SSSR count). The fourth-order valence-corrected chi connectivity index (χ4v) is 0. The van der Waals surface area contributed by atoms with Crippen molar-refractivity contribution in [2.75, 3.05) is 0 Å². The molecule has 0 aliphatic rings. The quantitative estimate of drug-likeness (QED) is 0.385. The molecule has 0 amide bonds. The van der Waals surface area contributed by atoms with Gasteiger partial charge in [0, 0.05) is 65.4 Å². The maximum absolute atomic E-state index is 2.12. The third-order valence-electron chi connectivity index (χ3n) is 0. The average molecular weight is 390 g/mol. The molecule has 0 unspecified atom stereocenters. The Morgan fingerprint density at radius 2 is 0.500 bits per heavy atom. The van der Waals surface area contributed by atoms with Crippen LogP contribution in [0.4, 0.5) is 0 Å². The predicted octanol–water partition coefficient (Wildman–Crippen LogP) is 7.17. The summed E-state index contributed by atoms with van der Waals surface area (Å²) in [5.74, 6) is 0. The summed E-state index contributed by atoms with van der Waals surface area (Å²) in [6, 6.07) is 0. The molecule has 16 heavy (non-hydrogen) atoms. The van der Waals surface area contributed by atoms with E-state index in [2.05, 4.69) is 13.8 Å². The van der Waals surface area contributed by atoms with Crippen molar-refractivity contribution < 1.29 is 65.4 Å². The van der Waals surface area contributed by atoms with Crippen molar-refractivity contribution in [3.05, 3.63) is 29.7 Å². The van der Waals surface area contributed by atoms with Crippen LogP contribution in [0.3, 0.4) is 0 Å². The van der Waals surface area contributed by atoms with Crippen molar-refractivity contribution in [2.24, 2.45) is 0 Å². The molecule has 0 saturated heterocycles. The second kappa shape index (κ2) is 439. The van der Waals surface area contributed by atoms with Gasteiger partial charge in [0.15, 0.2) is 0 Å². The topological polar surface area (TPSA) is 0 Å². The molecule has 110 valence electrons. The molecule has 2 heteroatoms. The van der Waals surface area contributed by atoms with Crippen molar-refractivity contribution in [1.29, 1.82) is 0 Å². The van der Waals surface area contributed by atoms with Crippen LogP contribution in [-0.4, -0.2) is 0 Å². The molecule has 0 nitrogen and oxygen atoms in total. The van der Waals surface area contributed by atoms with Crippen molar-refractivity contribution in [1.82, 2.24) is 0 Å². The van der Waals surface area contributed by atoms with Crippen LogP contribution >= 0.6 is 0 Å². The minimum atomic E-state index is 0. The van der Waals surface area contributed by atoms with Crippen LogP contribution in [0, 0.1) is 29.7 Å². The van der Waals surface area contributed by atoms with E-state index >= 15 is 0 Å². The molecule has 0 aliphatic carbocycles. The van der Waals surface area contributed by atoms with Crippen molar-refractivity contribution in [3.63, 3.8) is 0 Å². The molecular weight excluding hydrogens is 346 g/mol. The summed E-state index contributed by atoms with van der Waals surface area (Å²) in [4.78, 5) is 0. The second-order valence-electron chi connectivity index (χ2n) is 0.707. The summed E-state index contributed by atoms with van der Waals surface area (Å²) < 4.78 is 0. The zero-order valence-corrected chi connectivity index (χ0v) is 17.5. The molecule has 0 heterocycles. The smallest absolute Gasteiger partial charge is 0 e. The number of hydrogen-bond donors (Lipinski definition) is 0. The average Bonchev–Trinajstić information content (AvgIpc) is 1.78. The standard InChI is InChI=1S/C3H8.2C2H6.3CH4.4CH3.2Y/c1-3-2;2*1-2;;;;;;;;;/h3H2,1-2H3;2*1-2H3;3*1H4;4*1H3;;/q;;;;;;4*-1;;. The van der Waals surface area contributed by atoms with Crippen molar-refractivity contribution in [2.45, 2.75) is 70.2 Å². The fourth-order valence-electron chi connectivity index (χ4n) is 0. The molecule has 0 aromatic heterocycles. The molecule has 0 spiro atoms. The Balaban J connectivity index is -0.00000000119. The monoisotopic (exact) mass is 390 g/mol. The first-order valence-electron chi connectivity index (χ1n) is 3.41. The molecule has 2 radical (unpaired) electrons. The first-order valence-corrected chi connectivity index (χ1v) is 3.41. The maximum Gasteiger partial charge on any atom is 0 e. The van der Waals surface area contributed by atoms with E-state index < -0.39 is 0 Å². The number of rotatable bonds is 0. The zero-order chi connectivity index (χ0) is 6.71. The minimum absolute atomic E-state index is 0. The van der Waals surface area contributed by atoms with E-state index in [9.17, 15) is 0 Å². The largest absolute Gasteiger partial charge is 0.358 e. The van der Waals surface area contributed by atoms with E-state index in [1.807, 2.05) is 27.7 Å². The Morgan fingerprint density at radius 1 is 0.500 bits per heavy atom. The van der Waals surface area contributed by atoms with Crippen LogP contribution in [0.25, 0.3) is 0 Å². The third kappa shape index (κ3) is 769. The van der Waals surface area contributed by atoms with Gasteiger partial charge < -0.3 is 29.7 Å². The van der Waals surface area contributed by atoms with E-state index in [1.165, 1.54) is 6.42 Å². The van der Waals surface area contributed by atoms with Gasteiger partial charge >= 0.3 is 0 Å². The van der Waals surface area contributed by atoms with Gasteiger partial charge in [-0.05, 0) is 0 Å². The molecule has 0 aromatic rings. The van der Waals surface area contributed by atoms with E-state index in [1.54, 1.807) is 0 Å². The third-order valence-corrected chi connectivity index (χ3v) is 0. The molecule has 0 fully saturated rings. The van der Waals surface area contributed by atoms with Gasteiger partial charge in [-0.3, -0.25) is 0 Å². The van der Waals surface area contributed by atoms with Crippen LogP contribution in [-0.2, 0) is 65.4 Å². The first kappa shape index (κ1) is 140. The van der Waals surface area contributed by atoms with Crippen molar-refractivity contribution in [3.8, 4) is 0 Å².